The van der Waals surface area contributed by atoms with Gasteiger partial charge in [-0.1, -0.05) is 98.8 Å². The van der Waals surface area contributed by atoms with Gasteiger partial charge in [0.25, 0.3) is 0 Å². The van der Waals surface area contributed by atoms with Crippen molar-refractivity contribution in [1.82, 2.24) is 4.98 Å². The fourth-order valence-electron chi connectivity index (χ4n) is 8.03. The van der Waals surface area contributed by atoms with Gasteiger partial charge in [-0.25, -0.2) is 4.98 Å². The highest BCUT2D eigenvalue weighted by atomic mass is 16.3. The van der Waals surface area contributed by atoms with E-state index in [2.05, 4.69) is 176 Å². The van der Waals surface area contributed by atoms with Crippen LogP contribution in [0, 0.1) is 0 Å². The maximum absolute atomic E-state index is 6.58. The second-order valence-corrected chi connectivity index (χ2v) is 13.6. The van der Waals surface area contributed by atoms with Crippen molar-refractivity contribution in [1.29, 1.82) is 0 Å². The first-order chi connectivity index (χ1) is 24.0. The number of oxazole rings is 1. The van der Waals surface area contributed by atoms with Crippen LogP contribution < -0.4 is 4.90 Å². The summed E-state index contributed by atoms with van der Waals surface area (Å²) in [6, 6.07) is 56.5. The normalized spacial score (nSPS) is 13.3. The molecule has 0 unspecified atom stereocenters. The molecule has 0 fully saturated rings. The Morgan fingerprint density at radius 2 is 1.18 bits per heavy atom. The molecule has 1 aliphatic rings. The van der Waals surface area contributed by atoms with Gasteiger partial charge in [0.15, 0.2) is 5.58 Å². The lowest BCUT2D eigenvalue weighted by molar-refractivity contribution is 0.623. The van der Waals surface area contributed by atoms with E-state index in [1.807, 2.05) is 0 Å². The molecule has 8 aromatic carbocycles. The molecule has 0 aliphatic heterocycles. The zero-order valence-electron chi connectivity index (χ0n) is 27.3. The number of nitrogens with zero attached hydrogens (tertiary/aromatic N) is 2. The van der Waals surface area contributed by atoms with E-state index in [1.165, 1.54) is 49.2 Å². The first-order valence-electron chi connectivity index (χ1n) is 16.9. The highest BCUT2D eigenvalue weighted by Crippen LogP contribution is 2.53. The highest BCUT2D eigenvalue weighted by Gasteiger charge is 2.37. The molecule has 0 saturated carbocycles. The fourth-order valence-corrected chi connectivity index (χ4v) is 8.03. The van der Waals surface area contributed by atoms with Gasteiger partial charge < -0.3 is 9.32 Å². The lowest BCUT2D eigenvalue weighted by Crippen LogP contribution is -2.15. The lowest BCUT2D eigenvalue weighted by atomic mass is 9.80. The lowest BCUT2D eigenvalue weighted by Gasteiger charge is -2.26. The largest absolute Gasteiger partial charge is 0.435 e. The van der Waals surface area contributed by atoms with Gasteiger partial charge in [-0.15, -0.1) is 0 Å². The Bertz CT molecular complexity index is 2700. The van der Waals surface area contributed by atoms with Gasteiger partial charge in [-0.3, -0.25) is 0 Å². The standard InChI is InChI=1S/C46H32N2O/c1-46(2)41-28-31-19-20-36(48(34-13-5-3-6-14-34)35-15-7-4-8-16-35)26-33(31)27-40(41)38-21-22-39-37(43(38)46)23-24-42-44(39)49-45(47-42)32-18-17-29-11-9-10-12-30(29)25-32/h3-28H,1-2H3. The first kappa shape index (κ1) is 27.9. The Labute approximate surface area is 284 Å². The number of aromatic nitrogens is 1. The van der Waals surface area contributed by atoms with Crippen molar-refractivity contribution in [2.24, 2.45) is 0 Å². The molecule has 3 heteroatoms. The van der Waals surface area contributed by atoms with Gasteiger partial charge in [0.05, 0.1) is 0 Å². The second kappa shape index (κ2) is 10.4. The van der Waals surface area contributed by atoms with E-state index >= 15 is 0 Å². The summed E-state index contributed by atoms with van der Waals surface area (Å²) in [6.07, 6.45) is 0. The minimum atomic E-state index is -0.188. The van der Waals surface area contributed by atoms with E-state index < -0.39 is 0 Å². The van der Waals surface area contributed by atoms with E-state index in [1.54, 1.807) is 0 Å². The molecule has 0 amide bonds. The number of fused-ring (bicyclic) bond motifs is 9. The Morgan fingerprint density at radius 1 is 0.510 bits per heavy atom. The van der Waals surface area contributed by atoms with Crippen LogP contribution in [0.15, 0.2) is 162 Å². The van der Waals surface area contributed by atoms with Crippen molar-refractivity contribution >= 4 is 60.5 Å². The molecule has 0 N–H and O–H groups in total. The van der Waals surface area contributed by atoms with Gasteiger partial charge >= 0.3 is 0 Å². The SMILES string of the molecule is CC1(C)c2cc3ccc(N(c4ccccc4)c4ccccc4)cc3cc2-c2ccc3c(ccc4nc(-c5ccc6ccccc6c5)oc43)c21. The quantitative estimate of drug-likeness (QED) is 0.194. The van der Waals surface area contributed by atoms with E-state index in [-0.39, 0.29) is 5.41 Å². The molecule has 0 spiro atoms. The monoisotopic (exact) mass is 628 g/mol. The Morgan fingerprint density at radius 3 is 1.96 bits per heavy atom. The molecule has 1 heterocycles. The number of benzene rings is 8. The van der Waals surface area contributed by atoms with Crippen molar-refractivity contribution in [2.75, 3.05) is 4.90 Å². The van der Waals surface area contributed by atoms with Crippen molar-refractivity contribution in [3.05, 3.63) is 169 Å². The number of hydrogen-bond acceptors (Lipinski definition) is 3. The van der Waals surface area contributed by atoms with Crippen LogP contribution in [0.25, 0.3) is 66.0 Å². The van der Waals surface area contributed by atoms with Crippen LogP contribution in [0.1, 0.15) is 25.0 Å². The summed E-state index contributed by atoms with van der Waals surface area (Å²) in [5, 5.41) is 7.17. The number of hydrogen-bond donors (Lipinski definition) is 0. The number of para-hydroxylation sites is 2. The van der Waals surface area contributed by atoms with Crippen LogP contribution in [-0.4, -0.2) is 4.98 Å². The Balaban J connectivity index is 1.11. The van der Waals surface area contributed by atoms with Crippen LogP contribution in [0.3, 0.4) is 0 Å². The summed E-state index contributed by atoms with van der Waals surface area (Å²) in [5.41, 5.74) is 11.2. The smallest absolute Gasteiger partial charge is 0.227 e. The molecule has 9 aromatic rings. The average Bonchev–Trinajstić information content (AvgIpc) is 3.68. The Kier molecular flexibility index (Phi) is 5.92. The summed E-state index contributed by atoms with van der Waals surface area (Å²) in [4.78, 5) is 7.27. The van der Waals surface area contributed by atoms with Crippen LogP contribution in [0.2, 0.25) is 0 Å². The molecule has 0 bridgehead atoms. The van der Waals surface area contributed by atoms with Crippen molar-refractivity contribution in [2.45, 2.75) is 19.3 Å². The molecular weight excluding hydrogens is 597 g/mol. The molecule has 0 radical (unpaired) electrons. The third-order valence-electron chi connectivity index (χ3n) is 10.4. The fraction of sp³-hybridized carbons (Fsp3) is 0.0652. The van der Waals surface area contributed by atoms with Crippen LogP contribution >= 0.6 is 0 Å². The van der Waals surface area contributed by atoms with Crippen molar-refractivity contribution in [3.8, 4) is 22.6 Å². The van der Waals surface area contributed by atoms with E-state index in [0.29, 0.717) is 5.89 Å². The van der Waals surface area contributed by atoms with Crippen LogP contribution in [0.4, 0.5) is 17.1 Å². The van der Waals surface area contributed by atoms with Gasteiger partial charge in [-0.05, 0) is 122 Å². The maximum Gasteiger partial charge on any atom is 0.227 e. The highest BCUT2D eigenvalue weighted by molar-refractivity contribution is 6.09. The van der Waals surface area contributed by atoms with Gasteiger partial charge in [0.2, 0.25) is 5.89 Å². The first-order valence-corrected chi connectivity index (χ1v) is 16.9. The topological polar surface area (TPSA) is 29.3 Å². The molecule has 0 saturated heterocycles. The molecular formula is C46H32N2O. The summed E-state index contributed by atoms with van der Waals surface area (Å²) < 4.78 is 6.58. The zero-order valence-corrected chi connectivity index (χ0v) is 27.3. The van der Waals surface area contributed by atoms with Crippen molar-refractivity contribution < 1.29 is 4.42 Å². The molecule has 1 aromatic heterocycles. The maximum atomic E-state index is 6.58. The molecule has 1 aliphatic carbocycles. The van der Waals surface area contributed by atoms with Gasteiger partial charge in [0, 0.05) is 33.4 Å². The summed E-state index contributed by atoms with van der Waals surface area (Å²) >= 11 is 0. The van der Waals surface area contributed by atoms with Gasteiger partial charge in [-0.2, -0.15) is 0 Å². The van der Waals surface area contributed by atoms with E-state index in [0.717, 1.165) is 39.1 Å². The molecule has 232 valence electrons. The third-order valence-corrected chi connectivity index (χ3v) is 10.4. The summed E-state index contributed by atoms with van der Waals surface area (Å²) in [6.45, 7) is 4.71. The minimum Gasteiger partial charge on any atom is -0.435 e. The van der Waals surface area contributed by atoms with E-state index in [4.69, 9.17) is 9.40 Å². The minimum absolute atomic E-state index is 0.188. The molecule has 3 nitrogen and oxygen atoms in total. The van der Waals surface area contributed by atoms with E-state index in [9.17, 15) is 0 Å². The number of anilines is 3. The predicted molar refractivity (Wildman–Crippen MR) is 204 cm³/mol. The summed E-state index contributed by atoms with van der Waals surface area (Å²) in [5.74, 6) is 0.651. The number of rotatable bonds is 4. The predicted octanol–water partition coefficient (Wildman–Crippen LogP) is 12.7. The average molecular weight is 629 g/mol. The van der Waals surface area contributed by atoms with Crippen molar-refractivity contribution in [3.63, 3.8) is 0 Å². The molecule has 0 atom stereocenters. The molecule has 49 heavy (non-hydrogen) atoms. The van der Waals surface area contributed by atoms with Gasteiger partial charge in [0.1, 0.15) is 5.52 Å². The summed E-state index contributed by atoms with van der Waals surface area (Å²) in [7, 11) is 0. The van der Waals surface area contributed by atoms with Crippen LogP contribution in [-0.2, 0) is 5.41 Å². The molecule has 10 rings (SSSR count). The van der Waals surface area contributed by atoms with Crippen LogP contribution in [0.5, 0.6) is 0 Å². The third kappa shape index (κ3) is 4.25. The Hall–Kier alpha value is -6.19. The second-order valence-electron chi connectivity index (χ2n) is 13.6. The zero-order chi connectivity index (χ0) is 32.7.